The molecule has 0 heterocycles. The van der Waals surface area contributed by atoms with Gasteiger partial charge in [-0.05, 0) is 34.5 Å². The summed E-state index contributed by atoms with van der Waals surface area (Å²) >= 11 is 3.44. The van der Waals surface area contributed by atoms with Crippen LogP contribution in [0.2, 0.25) is 0 Å². The van der Waals surface area contributed by atoms with Crippen LogP contribution in [-0.4, -0.2) is 25.0 Å². The third-order valence-corrected chi connectivity index (χ3v) is 3.45. The van der Waals surface area contributed by atoms with Gasteiger partial charge in [-0.3, -0.25) is 4.79 Å². The van der Waals surface area contributed by atoms with Gasteiger partial charge in [-0.2, -0.15) is 0 Å². The van der Waals surface area contributed by atoms with Crippen molar-refractivity contribution < 1.29 is 4.79 Å². The first-order valence-electron chi connectivity index (χ1n) is 5.79. The van der Waals surface area contributed by atoms with E-state index in [-0.39, 0.29) is 5.91 Å². The molecule has 0 spiro atoms. The van der Waals surface area contributed by atoms with Gasteiger partial charge < -0.3 is 10.6 Å². The number of amides is 1. The fraction of sp³-hybridized carbons (Fsp3) is 0.462. The average molecular weight is 299 g/mol. The quantitative estimate of drug-likeness (QED) is 0.820. The lowest BCUT2D eigenvalue weighted by Gasteiger charge is -2.10. The van der Waals surface area contributed by atoms with Gasteiger partial charge in [0.05, 0.1) is 5.56 Å². The molecule has 0 radical (unpaired) electrons. The van der Waals surface area contributed by atoms with Crippen molar-refractivity contribution in [1.29, 1.82) is 0 Å². The van der Waals surface area contributed by atoms with E-state index in [1.807, 2.05) is 25.1 Å². The van der Waals surface area contributed by atoms with Crippen molar-refractivity contribution in [2.75, 3.05) is 13.1 Å². The zero-order valence-corrected chi connectivity index (χ0v) is 12.1. The predicted molar refractivity (Wildman–Crippen MR) is 74.4 cm³/mol. The number of carbonyl (C=O) groups is 1. The monoisotopic (exact) mass is 298 g/mol. The van der Waals surface area contributed by atoms with Crippen molar-refractivity contribution >= 4 is 21.8 Å². The number of rotatable bonds is 5. The van der Waals surface area contributed by atoms with E-state index >= 15 is 0 Å². The lowest BCUT2D eigenvalue weighted by atomic mass is 10.1. The Morgan fingerprint density at radius 3 is 2.71 bits per heavy atom. The maximum atomic E-state index is 11.9. The van der Waals surface area contributed by atoms with Gasteiger partial charge in [0.25, 0.3) is 5.91 Å². The maximum Gasteiger partial charge on any atom is 0.252 e. The Kier molecular flexibility index (Phi) is 5.65. The summed E-state index contributed by atoms with van der Waals surface area (Å²) < 4.78 is 0.870. The summed E-state index contributed by atoms with van der Waals surface area (Å²) in [6.45, 7) is 7.56. The Labute approximate surface area is 111 Å². The molecule has 4 heteroatoms. The summed E-state index contributed by atoms with van der Waals surface area (Å²) in [4.78, 5) is 11.9. The minimum Gasteiger partial charge on any atom is -0.351 e. The highest BCUT2D eigenvalue weighted by atomic mass is 79.9. The van der Waals surface area contributed by atoms with E-state index in [1.54, 1.807) is 0 Å². The minimum absolute atomic E-state index is 0.0360. The van der Waals surface area contributed by atoms with Gasteiger partial charge in [0.1, 0.15) is 0 Å². The molecule has 1 amide bonds. The standard InChI is InChI=1S/C13H19BrN2O/c1-9(2)15-7-8-16-13(17)11-6-4-5-10(3)12(11)14/h4-6,9,15H,7-8H2,1-3H3,(H,16,17). The van der Waals surface area contributed by atoms with Crippen molar-refractivity contribution in [3.05, 3.63) is 33.8 Å². The van der Waals surface area contributed by atoms with E-state index in [1.165, 1.54) is 0 Å². The minimum atomic E-state index is -0.0360. The Bertz CT molecular complexity index is 391. The normalized spacial score (nSPS) is 10.6. The molecule has 0 aliphatic heterocycles. The summed E-state index contributed by atoms with van der Waals surface area (Å²) in [6, 6.07) is 6.13. The molecule has 0 saturated carbocycles. The first-order valence-corrected chi connectivity index (χ1v) is 6.58. The highest BCUT2D eigenvalue weighted by molar-refractivity contribution is 9.10. The largest absolute Gasteiger partial charge is 0.351 e. The van der Waals surface area contributed by atoms with Gasteiger partial charge in [-0.15, -0.1) is 0 Å². The highest BCUT2D eigenvalue weighted by Gasteiger charge is 2.10. The van der Waals surface area contributed by atoms with E-state index in [9.17, 15) is 4.79 Å². The van der Waals surface area contributed by atoms with Gasteiger partial charge in [0.15, 0.2) is 0 Å². The van der Waals surface area contributed by atoms with Gasteiger partial charge >= 0.3 is 0 Å². The SMILES string of the molecule is Cc1cccc(C(=O)NCCNC(C)C)c1Br. The Balaban J connectivity index is 2.50. The van der Waals surface area contributed by atoms with Crippen molar-refractivity contribution in [2.24, 2.45) is 0 Å². The van der Waals surface area contributed by atoms with E-state index in [0.29, 0.717) is 18.2 Å². The van der Waals surface area contributed by atoms with Gasteiger partial charge in [0.2, 0.25) is 0 Å². The van der Waals surface area contributed by atoms with Crippen molar-refractivity contribution in [3.63, 3.8) is 0 Å². The molecule has 1 rings (SSSR count). The lowest BCUT2D eigenvalue weighted by Crippen LogP contribution is -2.34. The maximum absolute atomic E-state index is 11.9. The summed E-state index contributed by atoms with van der Waals surface area (Å²) in [5.41, 5.74) is 1.76. The van der Waals surface area contributed by atoms with Crippen LogP contribution in [0.1, 0.15) is 29.8 Å². The zero-order chi connectivity index (χ0) is 12.8. The van der Waals surface area contributed by atoms with Crippen LogP contribution in [0.15, 0.2) is 22.7 Å². The molecule has 17 heavy (non-hydrogen) atoms. The molecule has 0 aromatic heterocycles. The fourth-order valence-corrected chi connectivity index (χ4v) is 1.90. The highest BCUT2D eigenvalue weighted by Crippen LogP contribution is 2.20. The molecule has 1 aromatic carbocycles. The molecule has 0 saturated heterocycles. The molecule has 0 bridgehead atoms. The molecule has 0 fully saturated rings. The lowest BCUT2D eigenvalue weighted by molar-refractivity contribution is 0.0953. The topological polar surface area (TPSA) is 41.1 Å². The molecule has 94 valence electrons. The van der Waals surface area contributed by atoms with Crippen LogP contribution < -0.4 is 10.6 Å². The van der Waals surface area contributed by atoms with E-state index in [4.69, 9.17) is 0 Å². The Hall–Kier alpha value is -0.870. The molecule has 1 aromatic rings. The van der Waals surface area contributed by atoms with Crippen LogP contribution in [0.4, 0.5) is 0 Å². The third-order valence-electron chi connectivity index (χ3n) is 2.40. The molecule has 0 atom stereocenters. The van der Waals surface area contributed by atoms with Crippen molar-refractivity contribution in [1.82, 2.24) is 10.6 Å². The second-order valence-corrected chi connectivity index (χ2v) is 5.09. The number of halogens is 1. The van der Waals surface area contributed by atoms with E-state index < -0.39 is 0 Å². The predicted octanol–water partition coefficient (Wildman–Crippen LogP) is 2.49. The smallest absolute Gasteiger partial charge is 0.252 e. The molecular weight excluding hydrogens is 280 g/mol. The van der Waals surface area contributed by atoms with E-state index in [0.717, 1.165) is 16.6 Å². The summed E-state index contributed by atoms with van der Waals surface area (Å²) in [6.07, 6.45) is 0. The second kappa shape index (κ2) is 6.77. The number of hydrogen-bond donors (Lipinski definition) is 2. The third kappa shape index (κ3) is 4.48. The van der Waals surface area contributed by atoms with Gasteiger partial charge in [-0.25, -0.2) is 0 Å². The number of hydrogen-bond acceptors (Lipinski definition) is 2. The van der Waals surface area contributed by atoms with Crippen LogP contribution in [0.3, 0.4) is 0 Å². The molecule has 2 N–H and O–H groups in total. The number of aryl methyl sites for hydroxylation is 1. The van der Waals surface area contributed by atoms with E-state index in [2.05, 4.69) is 40.4 Å². The second-order valence-electron chi connectivity index (χ2n) is 4.30. The van der Waals surface area contributed by atoms with Crippen molar-refractivity contribution in [3.8, 4) is 0 Å². The van der Waals surface area contributed by atoms with Crippen LogP contribution in [0.25, 0.3) is 0 Å². The Morgan fingerprint density at radius 1 is 1.35 bits per heavy atom. The van der Waals surface area contributed by atoms with Crippen molar-refractivity contribution in [2.45, 2.75) is 26.8 Å². The van der Waals surface area contributed by atoms with Gasteiger partial charge in [-0.1, -0.05) is 26.0 Å². The van der Waals surface area contributed by atoms with Crippen LogP contribution in [0, 0.1) is 6.92 Å². The number of benzene rings is 1. The molecular formula is C13H19BrN2O. The Morgan fingerprint density at radius 2 is 2.06 bits per heavy atom. The first-order chi connectivity index (χ1) is 8.02. The van der Waals surface area contributed by atoms with Crippen LogP contribution in [-0.2, 0) is 0 Å². The summed E-state index contributed by atoms with van der Waals surface area (Å²) in [5, 5.41) is 6.14. The fourth-order valence-electron chi connectivity index (χ4n) is 1.45. The van der Waals surface area contributed by atoms with Gasteiger partial charge in [0, 0.05) is 23.6 Å². The molecule has 0 aliphatic carbocycles. The molecule has 0 unspecified atom stereocenters. The van der Waals surface area contributed by atoms with Crippen LogP contribution in [0.5, 0.6) is 0 Å². The summed E-state index contributed by atoms with van der Waals surface area (Å²) in [5.74, 6) is -0.0360. The van der Waals surface area contributed by atoms with Crippen LogP contribution >= 0.6 is 15.9 Å². The first kappa shape index (κ1) is 14.2. The zero-order valence-electron chi connectivity index (χ0n) is 10.5. The average Bonchev–Trinajstić information content (AvgIpc) is 2.27. The molecule has 3 nitrogen and oxygen atoms in total. The summed E-state index contributed by atoms with van der Waals surface area (Å²) in [7, 11) is 0. The molecule has 0 aliphatic rings. The number of carbonyl (C=O) groups excluding carboxylic acids is 1. The number of nitrogens with one attached hydrogen (secondary N) is 2.